The Bertz CT molecular complexity index is 1100. The van der Waals surface area contributed by atoms with Crippen LogP contribution in [0.15, 0.2) is 39.6 Å². The maximum Gasteiger partial charge on any atom is 0.276 e. The van der Waals surface area contributed by atoms with Crippen molar-refractivity contribution < 1.29 is 9.32 Å². The molecule has 1 aliphatic carbocycles. The fourth-order valence-electron chi connectivity index (χ4n) is 3.91. The lowest BCUT2D eigenvalue weighted by Crippen LogP contribution is -2.35. The number of hydrogen-bond donors (Lipinski definition) is 0. The van der Waals surface area contributed by atoms with Gasteiger partial charge in [0.05, 0.1) is 16.9 Å². The van der Waals surface area contributed by atoms with Crippen LogP contribution in [0.4, 0.5) is 0 Å². The highest BCUT2D eigenvalue weighted by Crippen LogP contribution is 2.40. The van der Waals surface area contributed by atoms with E-state index in [1.807, 2.05) is 18.2 Å². The molecule has 2 aliphatic rings. The van der Waals surface area contributed by atoms with Crippen molar-refractivity contribution in [2.75, 3.05) is 6.54 Å². The number of aromatic nitrogens is 3. The Hall–Kier alpha value is -2.96. The van der Waals surface area contributed by atoms with Crippen LogP contribution < -0.4 is 5.56 Å². The number of likely N-dealkylation sites (tertiary alicyclic amines) is 1. The third-order valence-corrected chi connectivity index (χ3v) is 5.56. The summed E-state index contributed by atoms with van der Waals surface area (Å²) in [6.07, 6.45) is 3.83. The maximum atomic E-state index is 13.0. The van der Waals surface area contributed by atoms with Crippen molar-refractivity contribution in [3.05, 3.63) is 58.0 Å². The van der Waals surface area contributed by atoms with E-state index in [0.717, 1.165) is 31.4 Å². The van der Waals surface area contributed by atoms with Gasteiger partial charge in [0.15, 0.2) is 5.69 Å². The molecule has 1 aliphatic heterocycles. The molecule has 1 amide bonds. The molecule has 0 N–H and O–H groups in total. The average Bonchev–Trinajstić information content (AvgIpc) is 3.22. The topological polar surface area (TPSA) is 81.2 Å². The molecule has 1 atom stereocenters. The zero-order chi connectivity index (χ0) is 18.5. The predicted octanol–water partition coefficient (Wildman–Crippen LogP) is 2.78. The van der Waals surface area contributed by atoms with Crippen LogP contribution >= 0.6 is 0 Å². The number of carbonyl (C=O) groups excluding carboxylic acids is 1. The molecule has 1 saturated heterocycles. The van der Waals surface area contributed by atoms with Gasteiger partial charge in [0.2, 0.25) is 0 Å². The van der Waals surface area contributed by atoms with E-state index in [9.17, 15) is 9.59 Å². The standard InChI is InChI=1S/C20H20N4O3/c1-23-18(21-14-6-3-2-5-13(14)19(23)25)16-7-4-10-24(16)20(26)15-11-17(27-22-15)12-8-9-12/h2-3,5-6,11-12,16H,4,7-10H2,1H3. The van der Waals surface area contributed by atoms with Crippen LogP contribution in [0.25, 0.3) is 10.9 Å². The lowest BCUT2D eigenvalue weighted by atomic mass is 10.1. The fourth-order valence-corrected chi connectivity index (χ4v) is 3.91. The summed E-state index contributed by atoms with van der Waals surface area (Å²) >= 11 is 0. The van der Waals surface area contributed by atoms with Crippen molar-refractivity contribution in [1.29, 1.82) is 0 Å². The van der Waals surface area contributed by atoms with Gasteiger partial charge < -0.3 is 9.42 Å². The molecular formula is C20H20N4O3. The molecule has 3 heterocycles. The second-order valence-electron chi connectivity index (χ2n) is 7.40. The summed E-state index contributed by atoms with van der Waals surface area (Å²) in [5.41, 5.74) is 0.911. The molecule has 27 heavy (non-hydrogen) atoms. The van der Waals surface area contributed by atoms with Crippen molar-refractivity contribution >= 4 is 16.8 Å². The molecule has 2 fully saturated rings. The SMILES string of the molecule is Cn1c(C2CCCN2C(=O)c2cc(C3CC3)on2)nc2ccccc2c1=O. The van der Waals surface area contributed by atoms with Gasteiger partial charge in [-0.3, -0.25) is 14.2 Å². The quantitative estimate of drug-likeness (QED) is 0.714. The molecule has 5 rings (SSSR count). The van der Waals surface area contributed by atoms with Crippen molar-refractivity contribution in [1.82, 2.24) is 19.6 Å². The Kier molecular flexibility index (Phi) is 3.63. The molecule has 1 aromatic carbocycles. The van der Waals surface area contributed by atoms with Gasteiger partial charge in [0, 0.05) is 25.6 Å². The van der Waals surface area contributed by atoms with E-state index < -0.39 is 0 Å². The predicted molar refractivity (Wildman–Crippen MR) is 98.5 cm³/mol. The minimum atomic E-state index is -0.235. The minimum Gasteiger partial charge on any atom is -0.360 e. The average molecular weight is 364 g/mol. The van der Waals surface area contributed by atoms with E-state index in [-0.39, 0.29) is 17.5 Å². The summed E-state index contributed by atoms with van der Waals surface area (Å²) in [5, 5.41) is 4.57. The Morgan fingerprint density at radius 3 is 2.85 bits per heavy atom. The van der Waals surface area contributed by atoms with Crippen molar-refractivity contribution in [3.8, 4) is 0 Å². The van der Waals surface area contributed by atoms with Gasteiger partial charge >= 0.3 is 0 Å². The van der Waals surface area contributed by atoms with Gasteiger partial charge in [0.1, 0.15) is 11.6 Å². The maximum absolute atomic E-state index is 13.0. The van der Waals surface area contributed by atoms with E-state index >= 15 is 0 Å². The normalized spacial score (nSPS) is 19.7. The fraction of sp³-hybridized carbons (Fsp3) is 0.400. The number of hydrogen-bond acceptors (Lipinski definition) is 5. The number of fused-ring (bicyclic) bond motifs is 1. The first kappa shape index (κ1) is 16.2. The van der Waals surface area contributed by atoms with Crippen LogP contribution in [-0.4, -0.2) is 32.1 Å². The molecule has 138 valence electrons. The molecule has 0 bridgehead atoms. The van der Waals surface area contributed by atoms with E-state index in [1.165, 1.54) is 0 Å². The summed E-state index contributed by atoms with van der Waals surface area (Å²) in [6.45, 7) is 0.623. The van der Waals surface area contributed by atoms with Gasteiger partial charge in [-0.25, -0.2) is 4.98 Å². The highest BCUT2D eigenvalue weighted by Gasteiger charge is 2.36. The van der Waals surface area contributed by atoms with Gasteiger partial charge in [-0.2, -0.15) is 0 Å². The van der Waals surface area contributed by atoms with E-state index in [1.54, 1.807) is 28.6 Å². The number of benzene rings is 1. The second kappa shape index (κ2) is 6.04. The zero-order valence-corrected chi connectivity index (χ0v) is 15.1. The Morgan fingerprint density at radius 1 is 1.22 bits per heavy atom. The van der Waals surface area contributed by atoms with E-state index in [0.29, 0.717) is 34.9 Å². The second-order valence-corrected chi connectivity index (χ2v) is 7.40. The number of amides is 1. The lowest BCUT2D eigenvalue weighted by Gasteiger charge is -2.25. The molecular weight excluding hydrogens is 344 g/mol. The molecule has 3 aromatic rings. The van der Waals surface area contributed by atoms with Crippen LogP contribution in [0.5, 0.6) is 0 Å². The third-order valence-electron chi connectivity index (χ3n) is 5.56. The summed E-state index contributed by atoms with van der Waals surface area (Å²) in [4.78, 5) is 32.2. The van der Waals surface area contributed by atoms with Gasteiger partial charge in [0.25, 0.3) is 11.5 Å². The first-order chi connectivity index (χ1) is 13.1. The van der Waals surface area contributed by atoms with Crippen LogP contribution in [0, 0.1) is 0 Å². The summed E-state index contributed by atoms with van der Waals surface area (Å²) in [6, 6.07) is 8.84. The number of nitrogens with zero attached hydrogens (tertiary/aromatic N) is 4. The van der Waals surface area contributed by atoms with Crippen molar-refractivity contribution in [2.24, 2.45) is 7.05 Å². The van der Waals surface area contributed by atoms with Gasteiger partial charge in [-0.05, 0) is 37.8 Å². The van der Waals surface area contributed by atoms with Gasteiger partial charge in [-0.15, -0.1) is 0 Å². The van der Waals surface area contributed by atoms with Crippen LogP contribution in [0.3, 0.4) is 0 Å². The lowest BCUT2D eigenvalue weighted by molar-refractivity contribution is 0.0716. The van der Waals surface area contributed by atoms with Crippen molar-refractivity contribution in [2.45, 2.75) is 37.6 Å². The molecule has 7 heteroatoms. The molecule has 2 aromatic heterocycles. The highest BCUT2D eigenvalue weighted by atomic mass is 16.5. The molecule has 1 unspecified atom stereocenters. The first-order valence-electron chi connectivity index (χ1n) is 9.37. The summed E-state index contributed by atoms with van der Waals surface area (Å²) in [7, 11) is 1.72. The molecule has 0 radical (unpaired) electrons. The number of rotatable bonds is 3. The van der Waals surface area contributed by atoms with Crippen LogP contribution in [-0.2, 0) is 7.05 Å². The van der Waals surface area contributed by atoms with Crippen molar-refractivity contribution in [3.63, 3.8) is 0 Å². The smallest absolute Gasteiger partial charge is 0.276 e. The third kappa shape index (κ3) is 2.65. The van der Waals surface area contributed by atoms with Crippen LogP contribution in [0.1, 0.15) is 59.7 Å². The van der Waals surface area contributed by atoms with Crippen LogP contribution in [0.2, 0.25) is 0 Å². The summed E-state index contributed by atoms with van der Waals surface area (Å²) in [5.74, 6) is 1.67. The van der Waals surface area contributed by atoms with Gasteiger partial charge in [-0.1, -0.05) is 17.3 Å². The molecule has 0 spiro atoms. The summed E-state index contributed by atoms with van der Waals surface area (Å²) < 4.78 is 6.91. The van der Waals surface area contributed by atoms with E-state index in [4.69, 9.17) is 9.51 Å². The molecule has 7 nitrogen and oxygen atoms in total. The number of carbonyl (C=O) groups is 1. The zero-order valence-electron chi connectivity index (χ0n) is 15.1. The monoisotopic (exact) mass is 364 g/mol. The Labute approximate surface area is 155 Å². The first-order valence-corrected chi connectivity index (χ1v) is 9.37. The van der Waals surface area contributed by atoms with E-state index in [2.05, 4.69) is 5.16 Å². The Morgan fingerprint density at radius 2 is 2.04 bits per heavy atom. The molecule has 1 saturated carbocycles. The minimum absolute atomic E-state index is 0.0904. The largest absolute Gasteiger partial charge is 0.360 e. The number of para-hydroxylation sites is 1. The Balaban J connectivity index is 1.52. The highest BCUT2D eigenvalue weighted by molar-refractivity contribution is 5.92.